The minimum atomic E-state index is -1.41. The number of anilines is 1. The molecule has 12 rings (SSSR count). The Labute approximate surface area is 544 Å². The lowest BCUT2D eigenvalue weighted by Crippen LogP contribution is -2.71. The fourth-order valence-electron chi connectivity index (χ4n) is 11.2. The number of ether oxygens (including phenoxy) is 2. The quantitative estimate of drug-likeness (QED) is 0.0125. The second kappa shape index (κ2) is 27.7. The van der Waals surface area contributed by atoms with Crippen LogP contribution < -0.4 is 10.6 Å². The number of carbonyl (C=O) groups excluding carboxylic acids is 4. The summed E-state index contributed by atoms with van der Waals surface area (Å²) in [6, 6.07) is 77.3. The van der Waals surface area contributed by atoms with Crippen LogP contribution in [-0.4, -0.2) is 88.7 Å². The minimum absolute atomic E-state index is 0.0515. The van der Waals surface area contributed by atoms with Gasteiger partial charge in [0.25, 0.3) is 11.8 Å². The van der Waals surface area contributed by atoms with Gasteiger partial charge < -0.3 is 19.6 Å². The number of benzene rings is 8. The van der Waals surface area contributed by atoms with Crippen LogP contribution in [0.1, 0.15) is 77.1 Å². The first-order valence-electron chi connectivity index (χ1n) is 29.4. The Balaban J connectivity index is 0.853. The molecule has 0 bridgehead atoms. The maximum Gasteiger partial charge on any atom is 0.413 e. The van der Waals surface area contributed by atoms with E-state index in [9.17, 15) is 4.79 Å². The molecule has 1 saturated heterocycles. The molecule has 2 aromatic heterocycles. The number of nitrogens with zero attached hydrogens (tertiary/aromatic N) is 6. The lowest BCUT2D eigenvalue weighted by atomic mass is 9.77. The van der Waals surface area contributed by atoms with Crippen molar-refractivity contribution in [3.05, 3.63) is 315 Å². The summed E-state index contributed by atoms with van der Waals surface area (Å²) >= 11 is 5.47. The largest absolute Gasteiger partial charge is 0.448 e. The molecule has 4 heterocycles. The minimum Gasteiger partial charge on any atom is -0.448 e. The van der Waals surface area contributed by atoms with Crippen LogP contribution in [0.3, 0.4) is 0 Å². The van der Waals surface area contributed by atoms with Crippen LogP contribution in [-0.2, 0) is 39.8 Å². The van der Waals surface area contributed by atoms with E-state index in [1.807, 2.05) is 217 Å². The third-order valence-corrected chi connectivity index (χ3v) is 19.7. The van der Waals surface area contributed by atoms with Gasteiger partial charge in [-0.05, 0) is 48.6 Å². The van der Waals surface area contributed by atoms with Gasteiger partial charge in [0.2, 0.25) is 5.60 Å². The predicted molar refractivity (Wildman–Crippen MR) is 359 cm³/mol. The first-order chi connectivity index (χ1) is 44.4. The smallest absolute Gasteiger partial charge is 0.413 e. The van der Waals surface area contributed by atoms with Crippen LogP contribution in [0.2, 0.25) is 0 Å². The van der Waals surface area contributed by atoms with E-state index in [2.05, 4.69) is 52.0 Å². The van der Waals surface area contributed by atoms with Crippen molar-refractivity contribution in [2.24, 2.45) is 5.16 Å². The maximum atomic E-state index is 15.2. The van der Waals surface area contributed by atoms with E-state index in [-0.39, 0.29) is 22.2 Å². The van der Waals surface area contributed by atoms with Gasteiger partial charge in [-0.3, -0.25) is 19.8 Å². The van der Waals surface area contributed by atoms with Gasteiger partial charge in [-0.1, -0.05) is 253 Å². The normalized spacial score (nSPS) is 15.1. The lowest BCUT2D eigenvalue weighted by Gasteiger charge is -2.49. The number of carbonyl (C=O) groups is 4. The van der Waals surface area contributed by atoms with Gasteiger partial charge in [-0.25, -0.2) is 19.3 Å². The standard InChI is InChI=1S/C72H62N8O7S4/c1-70(2,3)86-69(84)75-68-73-57(47-91-68)60(77-87-72(54-38-22-9-23-39-54,55-40-24-10-25-41-55)56-42-26-11-27-43-56)64(81)74-61-65(82)80-62(67(83)85-63(49-28-12-4-13-29-49)50-30-14-5-15-31-50)58(48-90-66(61)80)88-44-45-89-59-46-79(78-76-59)71(51-32-16-6-17-33-51,52-34-18-7-19-35-52)53-36-20-8-21-37-53/h4-43,46-47,61,63,66H,44-45,48H2,1-3H3,(H,74,81)(H,73,75,84)/b77-60-/t61-,66-/m1/s1. The summed E-state index contributed by atoms with van der Waals surface area (Å²) in [5, 5.41) is 21.6. The van der Waals surface area contributed by atoms with E-state index in [4.69, 9.17) is 29.8 Å². The zero-order chi connectivity index (χ0) is 62.8. The summed E-state index contributed by atoms with van der Waals surface area (Å²) in [4.78, 5) is 72.2. The van der Waals surface area contributed by atoms with Crippen LogP contribution in [0.25, 0.3) is 0 Å². The van der Waals surface area contributed by atoms with Crippen LogP contribution in [0, 0.1) is 0 Å². The highest BCUT2D eigenvalue weighted by Gasteiger charge is 2.55. The monoisotopic (exact) mass is 1280 g/mol. The number of aromatic nitrogens is 4. The summed E-state index contributed by atoms with van der Waals surface area (Å²) in [6.45, 7) is 5.24. The van der Waals surface area contributed by atoms with Crippen molar-refractivity contribution in [3.8, 4) is 0 Å². The molecule has 1 fully saturated rings. The first-order valence-corrected chi connectivity index (χ1v) is 33.3. The van der Waals surface area contributed by atoms with Crippen molar-refractivity contribution in [1.29, 1.82) is 0 Å². The number of amides is 3. The maximum absolute atomic E-state index is 15.2. The molecule has 2 N–H and O–H groups in total. The number of esters is 1. The van der Waals surface area contributed by atoms with Crippen LogP contribution in [0.5, 0.6) is 0 Å². The van der Waals surface area contributed by atoms with Crippen molar-refractivity contribution in [3.63, 3.8) is 0 Å². The topological polar surface area (TPSA) is 179 Å². The molecule has 91 heavy (non-hydrogen) atoms. The van der Waals surface area contributed by atoms with Gasteiger partial charge in [0.05, 0.1) is 6.20 Å². The number of nitrogens with one attached hydrogen (secondary N) is 2. The Bertz CT molecular complexity index is 3970. The van der Waals surface area contributed by atoms with Crippen molar-refractivity contribution in [1.82, 2.24) is 30.2 Å². The van der Waals surface area contributed by atoms with Gasteiger partial charge in [-0.15, -0.1) is 51.7 Å². The van der Waals surface area contributed by atoms with Gasteiger partial charge >= 0.3 is 12.1 Å². The van der Waals surface area contributed by atoms with E-state index in [1.165, 1.54) is 40.2 Å². The Hall–Kier alpha value is -9.53. The van der Waals surface area contributed by atoms with E-state index in [0.717, 1.165) is 39.2 Å². The molecule has 2 aliphatic rings. The van der Waals surface area contributed by atoms with Gasteiger partial charge in [0.15, 0.2) is 16.9 Å². The fraction of sp³-hybridized carbons (Fsp3) is 0.167. The van der Waals surface area contributed by atoms with Crippen molar-refractivity contribution in [2.45, 2.75) is 60.1 Å². The number of thioether (sulfide) groups is 3. The number of hydrogen-bond donors (Lipinski definition) is 2. The lowest BCUT2D eigenvalue weighted by molar-refractivity contribution is -0.154. The van der Waals surface area contributed by atoms with E-state index >= 15 is 14.4 Å². The summed E-state index contributed by atoms with van der Waals surface area (Å²) in [5.74, 6) is -0.615. The van der Waals surface area contributed by atoms with Crippen LogP contribution in [0.4, 0.5) is 9.93 Å². The Kier molecular flexibility index (Phi) is 18.8. The number of β-lactam (4-membered cyclic amide) rings is 1. The first kappa shape index (κ1) is 61.7. The molecule has 8 aromatic carbocycles. The summed E-state index contributed by atoms with van der Waals surface area (Å²) in [5.41, 5.74) is 3.51. The summed E-state index contributed by atoms with van der Waals surface area (Å²) in [6.07, 6.45) is 0.422. The molecule has 2 aliphatic heterocycles. The predicted octanol–water partition coefficient (Wildman–Crippen LogP) is 14.1. The molecule has 0 aliphatic carbocycles. The molecule has 3 amide bonds. The number of oxime groups is 1. The second-order valence-corrected chi connectivity index (χ2v) is 26.5. The third kappa shape index (κ3) is 13.2. The molecule has 456 valence electrons. The number of hydrogen-bond acceptors (Lipinski definition) is 15. The van der Waals surface area contributed by atoms with Gasteiger partial charge in [0, 0.05) is 44.2 Å². The molecule has 2 atom stereocenters. The molecular formula is C72H62N8O7S4. The molecule has 15 nitrogen and oxygen atoms in total. The molecule has 0 spiro atoms. The molecule has 0 unspecified atom stereocenters. The zero-order valence-corrected chi connectivity index (χ0v) is 53.0. The van der Waals surface area contributed by atoms with Crippen molar-refractivity contribution < 1.29 is 33.5 Å². The van der Waals surface area contributed by atoms with Crippen LogP contribution in [0.15, 0.2) is 275 Å². The molecule has 0 radical (unpaired) electrons. The number of thiazole rings is 1. The van der Waals surface area contributed by atoms with Crippen molar-refractivity contribution in [2.75, 3.05) is 22.6 Å². The third-order valence-electron chi connectivity index (χ3n) is 15.2. The Morgan fingerprint density at radius 1 is 0.637 bits per heavy atom. The average molecular weight is 1280 g/mol. The second-order valence-electron chi connectivity index (χ2n) is 22.2. The summed E-state index contributed by atoms with van der Waals surface area (Å²) in [7, 11) is 0. The zero-order valence-electron chi connectivity index (χ0n) is 49.8. The van der Waals surface area contributed by atoms with E-state index in [1.54, 1.807) is 26.2 Å². The molecule has 0 saturated carbocycles. The Morgan fingerprint density at radius 2 is 1.10 bits per heavy atom. The molecule has 19 heteroatoms. The van der Waals surface area contributed by atoms with Crippen molar-refractivity contribution >= 4 is 81.3 Å². The van der Waals surface area contributed by atoms with Gasteiger partial charge in [-0.2, -0.15) is 0 Å². The highest BCUT2D eigenvalue weighted by atomic mass is 32.2. The van der Waals surface area contributed by atoms with Crippen LogP contribution >= 0.6 is 46.6 Å². The SMILES string of the molecule is CC(C)(C)OC(=O)Nc1nc(/C(=N/OC(c2ccccc2)(c2ccccc2)c2ccccc2)C(=O)N[C@@H]2C(=O)N3C(C(=O)OC(c4ccccc4)c4ccccc4)=C(SCCSc4cn(C(c5ccccc5)(c5ccccc5)c5ccccc5)nn4)CS[C@H]23)cs1. The highest BCUT2D eigenvalue weighted by molar-refractivity contribution is 8.07. The number of rotatable bonds is 22. The average Bonchev–Trinajstić information content (AvgIpc) is 1.57. The number of fused-ring (bicyclic) bond motifs is 1. The fourth-order valence-corrected chi connectivity index (χ4v) is 15.3. The molecular weight excluding hydrogens is 1220 g/mol. The van der Waals surface area contributed by atoms with Gasteiger partial charge in [0.1, 0.15) is 39.0 Å². The highest BCUT2D eigenvalue weighted by Crippen LogP contribution is 2.46. The van der Waals surface area contributed by atoms with E-state index < -0.39 is 58.1 Å². The molecule has 10 aromatic rings. The summed E-state index contributed by atoms with van der Waals surface area (Å²) < 4.78 is 14.0. The van der Waals surface area contributed by atoms with E-state index in [0.29, 0.717) is 43.9 Å². The Morgan fingerprint density at radius 3 is 1.58 bits per heavy atom.